The van der Waals surface area contributed by atoms with Crippen molar-refractivity contribution in [2.24, 2.45) is 5.92 Å². The molecule has 0 fully saturated rings. The Balaban J connectivity index is 2.78. The van der Waals surface area contributed by atoms with Gasteiger partial charge in [-0.3, -0.25) is 0 Å². The first-order valence-corrected chi connectivity index (χ1v) is 7.89. The highest BCUT2D eigenvalue weighted by molar-refractivity contribution is 7.89. The molecule has 4 nitrogen and oxygen atoms in total. The molecule has 0 bridgehead atoms. The van der Waals surface area contributed by atoms with Gasteiger partial charge in [-0.1, -0.05) is 20.3 Å². The quantitative estimate of drug-likeness (QED) is 0.871. The van der Waals surface area contributed by atoms with Crippen LogP contribution in [0.3, 0.4) is 0 Å². The van der Waals surface area contributed by atoms with Gasteiger partial charge in [0, 0.05) is 6.04 Å². The molecule has 0 aliphatic carbocycles. The molecule has 0 spiro atoms. The van der Waals surface area contributed by atoms with Gasteiger partial charge in [-0.25, -0.2) is 13.1 Å². The summed E-state index contributed by atoms with van der Waals surface area (Å²) in [5.74, 6) is 0.485. The number of nitriles is 1. The lowest BCUT2D eigenvalue weighted by Gasteiger charge is -2.17. The minimum absolute atomic E-state index is 0.101. The first-order valence-electron chi connectivity index (χ1n) is 6.41. The third-order valence-electron chi connectivity index (χ3n) is 3.10. The molecule has 1 aromatic carbocycles. The van der Waals surface area contributed by atoms with E-state index in [0.29, 0.717) is 11.5 Å². The van der Waals surface area contributed by atoms with E-state index in [1.165, 1.54) is 24.3 Å². The highest BCUT2D eigenvalue weighted by Crippen LogP contribution is 2.14. The number of rotatable bonds is 6. The number of benzene rings is 1. The highest BCUT2D eigenvalue weighted by atomic mass is 32.2. The normalized spacial score (nSPS) is 14.6. The van der Waals surface area contributed by atoms with E-state index in [1.807, 2.05) is 13.0 Å². The Morgan fingerprint density at radius 1 is 1.26 bits per heavy atom. The second-order valence-electron chi connectivity index (χ2n) is 4.91. The van der Waals surface area contributed by atoms with E-state index >= 15 is 0 Å². The molecule has 1 aromatic rings. The van der Waals surface area contributed by atoms with Crippen LogP contribution in [0.5, 0.6) is 0 Å². The van der Waals surface area contributed by atoms with Gasteiger partial charge in [0.2, 0.25) is 10.0 Å². The Kier molecular flexibility index (Phi) is 5.52. The van der Waals surface area contributed by atoms with E-state index in [4.69, 9.17) is 5.26 Å². The van der Waals surface area contributed by atoms with Crippen LogP contribution in [0.4, 0.5) is 0 Å². The van der Waals surface area contributed by atoms with Gasteiger partial charge in [0.15, 0.2) is 0 Å². The van der Waals surface area contributed by atoms with Crippen molar-refractivity contribution in [2.45, 2.75) is 44.6 Å². The lowest BCUT2D eigenvalue weighted by Crippen LogP contribution is -2.33. The molecule has 0 heterocycles. The van der Waals surface area contributed by atoms with Crippen molar-refractivity contribution in [2.75, 3.05) is 0 Å². The largest absolute Gasteiger partial charge is 0.240 e. The Morgan fingerprint density at radius 3 is 2.32 bits per heavy atom. The third-order valence-corrected chi connectivity index (χ3v) is 4.71. The Labute approximate surface area is 115 Å². The van der Waals surface area contributed by atoms with Crippen LogP contribution in [-0.4, -0.2) is 14.5 Å². The van der Waals surface area contributed by atoms with Crippen molar-refractivity contribution in [3.63, 3.8) is 0 Å². The summed E-state index contributed by atoms with van der Waals surface area (Å²) in [4.78, 5) is 0.197. The summed E-state index contributed by atoms with van der Waals surface area (Å²) in [5, 5.41) is 8.69. The minimum Gasteiger partial charge on any atom is -0.208 e. The van der Waals surface area contributed by atoms with Gasteiger partial charge < -0.3 is 0 Å². The summed E-state index contributed by atoms with van der Waals surface area (Å²) in [7, 11) is -3.50. The fourth-order valence-corrected chi connectivity index (χ4v) is 3.12. The molecule has 104 valence electrons. The lowest BCUT2D eigenvalue weighted by molar-refractivity contribution is 0.445. The van der Waals surface area contributed by atoms with Gasteiger partial charge in [0.05, 0.1) is 16.5 Å². The molecule has 19 heavy (non-hydrogen) atoms. The summed E-state index contributed by atoms with van der Waals surface area (Å²) >= 11 is 0. The maximum atomic E-state index is 12.1. The summed E-state index contributed by atoms with van der Waals surface area (Å²) in [6, 6.07) is 7.79. The van der Waals surface area contributed by atoms with Crippen LogP contribution in [0, 0.1) is 17.2 Å². The van der Waals surface area contributed by atoms with Crippen LogP contribution in [0.2, 0.25) is 0 Å². The average molecular weight is 280 g/mol. The second-order valence-corrected chi connectivity index (χ2v) is 6.62. The molecule has 1 N–H and O–H groups in total. The second kappa shape index (κ2) is 6.69. The average Bonchev–Trinajstić information content (AvgIpc) is 2.37. The molecule has 0 aliphatic rings. The predicted octanol–water partition coefficient (Wildman–Crippen LogP) is 2.66. The van der Waals surface area contributed by atoms with Gasteiger partial charge in [-0.2, -0.15) is 5.26 Å². The van der Waals surface area contributed by atoms with Crippen molar-refractivity contribution >= 4 is 10.0 Å². The lowest BCUT2D eigenvalue weighted by atomic mass is 10.0. The number of nitrogens with one attached hydrogen (secondary N) is 1. The summed E-state index contributed by atoms with van der Waals surface area (Å²) in [6.07, 6.45) is 1.84. The van der Waals surface area contributed by atoms with Crippen LogP contribution in [0.15, 0.2) is 29.2 Å². The van der Waals surface area contributed by atoms with E-state index < -0.39 is 10.0 Å². The third kappa shape index (κ3) is 4.66. The van der Waals surface area contributed by atoms with Gasteiger partial charge in [-0.15, -0.1) is 0 Å². The topological polar surface area (TPSA) is 70.0 Å². The van der Waals surface area contributed by atoms with E-state index in [1.54, 1.807) is 0 Å². The molecule has 2 unspecified atom stereocenters. The smallest absolute Gasteiger partial charge is 0.208 e. The SMILES string of the molecule is CCC(C)CC(C)NS(=O)(=O)c1ccc(C#N)cc1. The van der Waals surface area contributed by atoms with E-state index in [9.17, 15) is 8.42 Å². The molecule has 2 atom stereocenters. The van der Waals surface area contributed by atoms with Crippen LogP contribution in [0.25, 0.3) is 0 Å². The molecule has 0 aromatic heterocycles. The van der Waals surface area contributed by atoms with E-state index in [0.717, 1.165) is 12.8 Å². The zero-order valence-corrected chi connectivity index (χ0v) is 12.4. The zero-order valence-electron chi connectivity index (χ0n) is 11.6. The van der Waals surface area contributed by atoms with Gasteiger partial charge >= 0.3 is 0 Å². The van der Waals surface area contributed by atoms with Crippen LogP contribution in [-0.2, 0) is 10.0 Å². The summed E-state index contributed by atoms with van der Waals surface area (Å²) < 4.78 is 26.9. The van der Waals surface area contributed by atoms with Crippen molar-refractivity contribution in [3.8, 4) is 6.07 Å². The fourth-order valence-electron chi connectivity index (χ4n) is 1.86. The molecular formula is C14H20N2O2S. The molecule has 0 saturated carbocycles. The number of hydrogen-bond acceptors (Lipinski definition) is 3. The van der Waals surface area contributed by atoms with Crippen molar-refractivity contribution in [1.82, 2.24) is 4.72 Å². The standard InChI is InChI=1S/C14H20N2O2S/c1-4-11(2)9-12(3)16-19(17,18)14-7-5-13(10-15)6-8-14/h5-8,11-12,16H,4,9H2,1-3H3. The molecule has 0 aliphatic heterocycles. The maximum absolute atomic E-state index is 12.1. The predicted molar refractivity (Wildman–Crippen MR) is 75.0 cm³/mol. The van der Waals surface area contributed by atoms with Gasteiger partial charge in [0.1, 0.15) is 0 Å². The van der Waals surface area contributed by atoms with Gasteiger partial charge in [-0.05, 0) is 43.5 Å². The fraction of sp³-hybridized carbons (Fsp3) is 0.500. The molecular weight excluding hydrogens is 260 g/mol. The van der Waals surface area contributed by atoms with Crippen molar-refractivity contribution in [1.29, 1.82) is 5.26 Å². The Hall–Kier alpha value is -1.38. The number of sulfonamides is 1. The minimum atomic E-state index is -3.50. The number of hydrogen-bond donors (Lipinski definition) is 1. The summed E-state index contributed by atoms with van der Waals surface area (Å²) in [6.45, 7) is 6.06. The highest BCUT2D eigenvalue weighted by Gasteiger charge is 2.18. The van der Waals surface area contributed by atoms with Crippen LogP contribution < -0.4 is 4.72 Å². The Bertz CT molecular complexity index is 544. The monoisotopic (exact) mass is 280 g/mol. The molecule has 0 saturated heterocycles. The van der Waals surface area contributed by atoms with E-state index in [2.05, 4.69) is 18.6 Å². The van der Waals surface area contributed by atoms with Gasteiger partial charge in [0.25, 0.3) is 0 Å². The van der Waals surface area contributed by atoms with E-state index in [-0.39, 0.29) is 10.9 Å². The van der Waals surface area contributed by atoms with Crippen LogP contribution >= 0.6 is 0 Å². The maximum Gasteiger partial charge on any atom is 0.240 e. The molecule has 0 radical (unpaired) electrons. The van der Waals surface area contributed by atoms with Crippen LogP contribution in [0.1, 0.15) is 39.2 Å². The van der Waals surface area contributed by atoms with Crippen molar-refractivity contribution < 1.29 is 8.42 Å². The molecule has 1 rings (SSSR count). The zero-order chi connectivity index (χ0) is 14.5. The summed E-state index contributed by atoms with van der Waals surface area (Å²) in [5.41, 5.74) is 0.451. The number of nitrogens with zero attached hydrogens (tertiary/aromatic N) is 1. The molecule has 5 heteroatoms. The first-order chi connectivity index (χ1) is 8.89. The van der Waals surface area contributed by atoms with Crippen molar-refractivity contribution in [3.05, 3.63) is 29.8 Å². The molecule has 0 amide bonds. The Morgan fingerprint density at radius 2 is 1.84 bits per heavy atom. The first kappa shape index (κ1) is 15.7.